The first kappa shape index (κ1) is 20.8. The lowest BCUT2D eigenvalue weighted by Gasteiger charge is -2.06. The molecule has 0 saturated carbocycles. The van der Waals surface area contributed by atoms with Gasteiger partial charge in [-0.3, -0.25) is 0 Å². The van der Waals surface area contributed by atoms with Gasteiger partial charge in [-0.1, -0.05) is 29.4 Å². The third kappa shape index (κ3) is 8.94. The van der Waals surface area contributed by atoms with Crippen molar-refractivity contribution >= 4 is 12.0 Å². The molecule has 0 aromatic heterocycles. The van der Waals surface area contributed by atoms with E-state index in [0.29, 0.717) is 18.8 Å². The molecule has 3 nitrogen and oxygen atoms in total. The van der Waals surface area contributed by atoms with Crippen LogP contribution < -0.4 is 4.74 Å². The van der Waals surface area contributed by atoms with Crippen molar-refractivity contribution in [3.63, 3.8) is 0 Å². The molecular weight excluding hydrogens is 312 g/mol. The zero-order valence-corrected chi connectivity index (χ0v) is 16.1. The summed E-state index contributed by atoms with van der Waals surface area (Å²) in [7, 11) is 0. The molecule has 0 aliphatic heterocycles. The molecule has 0 radical (unpaired) electrons. The first-order valence-electron chi connectivity index (χ1n) is 8.79. The number of allylic oxidation sites excluding steroid dienone is 3. The van der Waals surface area contributed by atoms with Crippen molar-refractivity contribution in [2.75, 3.05) is 13.2 Å². The van der Waals surface area contributed by atoms with Crippen LogP contribution in [0.15, 0.2) is 53.1 Å². The fourth-order valence-corrected chi connectivity index (χ4v) is 2.18. The number of hydrogen-bond donors (Lipinski definition) is 0. The summed E-state index contributed by atoms with van der Waals surface area (Å²) in [5, 5.41) is 0. The van der Waals surface area contributed by atoms with E-state index in [1.807, 2.05) is 30.3 Å². The lowest BCUT2D eigenvalue weighted by molar-refractivity contribution is -0.138. The van der Waals surface area contributed by atoms with Gasteiger partial charge in [-0.2, -0.15) is 0 Å². The molecule has 0 N–H and O–H groups in total. The van der Waals surface area contributed by atoms with Gasteiger partial charge in [-0.05, 0) is 77.3 Å². The van der Waals surface area contributed by atoms with Gasteiger partial charge in [0.2, 0.25) is 0 Å². The Bertz CT molecular complexity index is 630. The molecule has 0 heterocycles. The summed E-state index contributed by atoms with van der Waals surface area (Å²) in [6, 6.07) is 7.69. The summed E-state index contributed by atoms with van der Waals surface area (Å²) in [5.74, 6) is 0.538. The van der Waals surface area contributed by atoms with E-state index in [1.54, 1.807) is 13.8 Å². The van der Waals surface area contributed by atoms with Gasteiger partial charge in [0.25, 0.3) is 0 Å². The second kappa shape index (κ2) is 11.3. The molecule has 0 aliphatic carbocycles. The first-order valence-corrected chi connectivity index (χ1v) is 8.79. The molecule has 136 valence electrons. The second-order valence-corrected chi connectivity index (χ2v) is 6.30. The minimum absolute atomic E-state index is 0.281. The fourth-order valence-electron chi connectivity index (χ4n) is 2.18. The van der Waals surface area contributed by atoms with Crippen molar-refractivity contribution in [1.29, 1.82) is 0 Å². The SMILES string of the molecule is CCOC(=O)/C(C)=C/c1ccc(OC/C=C(\C)CCC=C(C)C)cc1. The number of rotatable bonds is 9. The molecule has 0 saturated heterocycles. The Kier molecular flexibility index (Phi) is 9.38. The van der Waals surface area contributed by atoms with E-state index in [1.165, 1.54) is 11.1 Å². The summed E-state index contributed by atoms with van der Waals surface area (Å²) >= 11 is 0. The molecule has 3 heteroatoms. The van der Waals surface area contributed by atoms with Crippen LogP contribution in [0.4, 0.5) is 0 Å². The molecule has 0 amide bonds. The van der Waals surface area contributed by atoms with Gasteiger partial charge in [0.15, 0.2) is 0 Å². The molecule has 0 atom stereocenters. The number of hydrogen-bond acceptors (Lipinski definition) is 3. The maximum atomic E-state index is 11.6. The first-order chi connectivity index (χ1) is 11.9. The van der Waals surface area contributed by atoms with Crippen LogP contribution >= 0.6 is 0 Å². The molecule has 1 aromatic rings. The number of esters is 1. The highest BCUT2D eigenvalue weighted by atomic mass is 16.5. The minimum atomic E-state index is -0.281. The number of carbonyl (C=O) groups is 1. The molecule has 1 rings (SSSR count). The molecule has 0 bridgehead atoms. The van der Waals surface area contributed by atoms with Gasteiger partial charge in [0.1, 0.15) is 12.4 Å². The maximum absolute atomic E-state index is 11.6. The number of benzene rings is 1. The third-order valence-corrected chi connectivity index (χ3v) is 3.63. The number of carbonyl (C=O) groups excluding carboxylic acids is 1. The Labute approximate surface area is 152 Å². The highest BCUT2D eigenvalue weighted by Gasteiger charge is 2.04. The van der Waals surface area contributed by atoms with Gasteiger partial charge in [0.05, 0.1) is 6.61 Å². The lowest BCUT2D eigenvalue weighted by atomic mass is 10.1. The average Bonchev–Trinajstić information content (AvgIpc) is 2.56. The summed E-state index contributed by atoms with van der Waals surface area (Å²) < 4.78 is 10.7. The van der Waals surface area contributed by atoms with Gasteiger partial charge in [0, 0.05) is 5.57 Å². The topological polar surface area (TPSA) is 35.5 Å². The fraction of sp³-hybridized carbons (Fsp3) is 0.409. The average molecular weight is 342 g/mol. The summed E-state index contributed by atoms with van der Waals surface area (Å²) in [6.07, 6.45) is 8.33. The lowest BCUT2D eigenvalue weighted by Crippen LogP contribution is -2.04. The molecule has 1 aromatic carbocycles. The summed E-state index contributed by atoms with van der Waals surface area (Å²) in [6.45, 7) is 10.9. The van der Waals surface area contributed by atoms with E-state index in [2.05, 4.69) is 32.9 Å². The Hall–Kier alpha value is -2.29. The Morgan fingerprint density at radius 1 is 1.04 bits per heavy atom. The Balaban J connectivity index is 2.50. The molecule has 0 spiro atoms. The third-order valence-electron chi connectivity index (χ3n) is 3.63. The normalized spacial score (nSPS) is 11.9. The molecule has 0 aliphatic rings. The summed E-state index contributed by atoms with van der Waals surface area (Å²) in [4.78, 5) is 11.6. The van der Waals surface area contributed by atoms with Crippen LogP contribution in [0.5, 0.6) is 5.75 Å². The van der Waals surface area contributed by atoms with Crippen molar-refractivity contribution in [1.82, 2.24) is 0 Å². The van der Waals surface area contributed by atoms with E-state index in [4.69, 9.17) is 9.47 Å². The number of ether oxygens (including phenoxy) is 2. The Morgan fingerprint density at radius 3 is 2.32 bits per heavy atom. The molecule has 0 fully saturated rings. The van der Waals surface area contributed by atoms with Crippen LogP contribution in [0, 0.1) is 0 Å². The van der Waals surface area contributed by atoms with Crippen LogP contribution in [-0.2, 0) is 9.53 Å². The molecule has 25 heavy (non-hydrogen) atoms. The minimum Gasteiger partial charge on any atom is -0.490 e. The van der Waals surface area contributed by atoms with Crippen LogP contribution in [-0.4, -0.2) is 19.2 Å². The van der Waals surface area contributed by atoms with Gasteiger partial charge < -0.3 is 9.47 Å². The van der Waals surface area contributed by atoms with Gasteiger partial charge in [-0.25, -0.2) is 4.79 Å². The van der Waals surface area contributed by atoms with Crippen LogP contribution in [0.25, 0.3) is 6.08 Å². The van der Waals surface area contributed by atoms with E-state index in [0.717, 1.165) is 24.2 Å². The van der Waals surface area contributed by atoms with Crippen molar-refractivity contribution < 1.29 is 14.3 Å². The smallest absolute Gasteiger partial charge is 0.333 e. The van der Waals surface area contributed by atoms with E-state index < -0.39 is 0 Å². The molecule has 0 unspecified atom stereocenters. The van der Waals surface area contributed by atoms with Gasteiger partial charge >= 0.3 is 5.97 Å². The van der Waals surface area contributed by atoms with Crippen molar-refractivity contribution in [2.24, 2.45) is 0 Å². The van der Waals surface area contributed by atoms with E-state index in [9.17, 15) is 4.79 Å². The zero-order valence-electron chi connectivity index (χ0n) is 16.1. The van der Waals surface area contributed by atoms with Gasteiger partial charge in [-0.15, -0.1) is 0 Å². The largest absolute Gasteiger partial charge is 0.490 e. The quantitative estimate of drug-likeness (QED) is 0.327. The van der Waals surface area contributed by atoms with Crippen LogP contribution in [0.2, 0.25) is 0 Å². The monoisotopic (exact) mass is 342 g/mol. The molecular formula is C22H30O3. The summed E-state index contributed by atoms with van der Waals surface area (Å²) in [5.41, 5.74) is 4.23. The predicted molar refractivity (Wildman–Crippen MR) is 105 cm³/mol. The van der Waals surface area contributed by atoms with E-state index in [-0.39, 0.29) is 5.97 Å². The Morgan fingerprint density at radius 2 is 1.72 bits per heavy atom. The zero-order chi connectivity index (χ0) is 18.7. The maximum Gasteiger partial charge on any atom is 0.333 e. The highest BCUT2D eigenvalue weighted by molar-refractivity contribution is 5.92. The van der Waals surface area contributed by atoms with E-state index >= 15 is 0 Å². The predicted octanol–water partition coefficient (Wildman–Crippen LogP) is 5.72. The van der Waals surface area contributed by atoms with Crippen LogP contribution in [0.1, 0.15) is 53.0 Å². The van der Waals surface area contributed by atoms with Crippen molar-refractivity contribution in [2.45, 2.75) is 47.5 Å². The second-order valence-electron chi connectivity index (χ2n) is 6.30. The highest BCUT2D eigenvalue weighted by Crippen LogP contribution is 2.15. The van der Waals surface area contributed by atoms with Crippen LogP contribution in [0.3, 0.4) is 0 Å². The van der Waals surface area contributed by atoms with Crippen molar-refractivity contribution in [3.8, 4) is 5.75 Å². The van der Waals surface area contributed by atoms with Crippen molar-refractivity contribution in [3.05, 3.63) is 58.7 Å². The standard InChI is InChI=1S/C22H30O3/c1-6-24-22(23)19(5)16-20-10-12-21(13-11-20)25-15-14-18(4)9-7-8-17(2)3/h8,10-14,16H,6-7,9,15H2,1-5H3/b18-14+,19-16+.